The molecular formula is C22H18ClFN8O3. The van der Waals surface area contributed by atoms with Gasteiger partial charge in [-0.15, -0.1) is 5.10 Å². The lowest BCUT2D eigenvalue weighted by atomic mass is 10.2. The Kier molecular flexibility index (Phi) is 6.92. The molecule has 4 aromatic heterocycles. The largest absolute Gasteiger partial charge is 0.441 e. The average Bonchev–Trinajstić information content (AvgIpc) is 3.19. The van der Waals surface area contributed by atoms with E-state index in [2.05, 4.69) is 35.9 Å². The molecule has 2 amide bonds. The summed E-state index contributed by atoms with van der Waals surface area (Å²) in [6.07, 6.45) is 3.82. The van der Waals surface area contributed by atoms with Crippen molar-refractivity contribution in [1.29, 1.82) is 0 Å². The molecule has 0 saturated heterocycles. The Labute approximate surface area is 203 Å². The fourth-order valence-corrected chi connectivity index (χ4v) is 3.24. The lowest BCUT2D eigenvalue weighted by Gasteiger charge is -2.14. The monoisotopic (exact) mass is 496 g/mol. The molecule has 0 unspecified atom stereocenters. The number of carbonyl (C=O) groups excluding carboxylic acids is 2. The SMILES string of the molecule is C[C@@H](OC(=O)Nc1c(-c2ccc(NC(=O)c3cncc(Cl)c3)cn2)nnn1C)c1cccnc1F. The molecule has 0 fully saturated rings. The number of carbonyl (C=O) groups is 2. The summed E-state index contributed by atoms with van der Waals surface area (Å²) in [7, 11) is 1.57. The number of nitrogens with zero attached hydrogens (tertiary/aromatic N) is 6. The Morgan fingerprint density at radius 2 is 1.97 bits per heavy atom. The molecule has 0 spiro atoms. The van der Waals surface area contributed by atoms with Gasteiger partial charge >= 0.3 is 6.09 Å². The molecule has 2 N–H and O–H groups in total. The number of anilines is 2. The number of hydrogen-bond acceptors (Lipinski definition) is 8. The Morgan fingerprint density at radius 3 is 2.69 bits per heavy atom. The van der Waals surface area contributed by atoms with E-state index in [0.717, 1.165) is 0 Å². The third-order valence-corrected chi connectivity index (χ3v) is 4.99. The molecule has 0 aliphatic heterocycles. The Balaban J connectivity index is 1.45. The van der Waals surface area contributed by atoms with Gasteiger partial charge in [0.25, 0.3) is 5.91 Å². The van der Waals surface area contributed by atoms with Crippen molar-refractivity contribution < 1.29 is 18.7 Å². The minimum atomic E-state index is -0.885. The van der Waals surface area contributed by atoms with Gasteiger partial charge in [0.15, 0.2) is 11.5 Å². The molecule has 4 rings (SSSR count). The minimum absolute atomic E-state index is 0.138. The highest BCUT2D eigenvalue weighted by molar-refractivity contribution is 6.30. The number of hydrogen-bond donors (Lipinski definition) is 2. The molecule has 4 aromatic rings. The maximum atomic E-state index is 13.9. The highest BCUT2D eigenvalue weighted by Crippen LogP contribution is 2.26. The van der Waals surface area contributed by atoms with E-state index in [1.807, 2.05) is 0 Å². The van der Waals surface area contributed by atoms with E-state index >= 15 is 0 Å². The summed E-state index contributed by atoms with van der Waals surface area (Å²) in [6.45, 7) is 1.52. The van der Waals surface area contributed by atoms with Crippen LogP contribution in [-0.4, -0.2) is 41.9 Å². The summed E-state index contributed by atoms with van der Waals surface area (Å²) in [6, 6.07) is 7.72. The molecule has 1 atom stereocenters. The molecular weight excluding hydrogens is 479 g/mol. The first-order valence-corrected chi connectivity index (χ1v) is 10.6. The van der Waals surface area contributed by atoms with Gasteiger partial charge < -0.3 is 10.1 Å². The van der Waals surface area contributed by atoms with Gasteiger partial charge in [0.2, 0.25) is 5.95 Å². The predicted molar refractivity (Wildman–Crippen MR) is 124 cm³/mol. The number of halogens is 2. The van der Waals surface area contributed by atoms with Crippen molar-refractivity contribution >= 4 is 35.1 Å². The molecule has 13 heteroatoms. The molecule has 0 aliphatic carbocycles. The van der Waals surface area contributed by atoms with Gasteiger partial charge in [-0.2, -0.15) is 4.39 Å². The van der Waals surface area contributed by atoms with Crippen LogP contribution < -0.4 is 10.6 Å². The van der Waals surface area contributed by atoms with Crippen LogP contribution in [0.1, 0.15) is 28.9 Å². The fourth-order valence-electron chi connectivity index (χ4n) is 3.07. The van der Waals surface area contributed by atoms with Gasteiger partial charge in [-0.1, -0.05) is 16.8 Å². The van der Waals surface area contributed by atoms with Crippen LogP contribution in [0.4, 0.5) is 20.7 Å². The molecule has 0 saturated carbocycles. The van der Waals surface area contributed by atoms with E-state index in [4.69, 9.17) is 16.3 Å². The van der Waals surface area contributed by atoms with Crippen molar-refractivity contribution in [3.8, 4) is 11.4 Å². The Bertz CT molecular complexity index is 1380. The lowest BCUT2D eigenvalue weighted by molar-refractivity contribution is 0.102. The molecule has 178 valence electrons. The number of nitrogens with one attached hydrogen (secondary N) is 2. The zero-order chi connectivity index (χ0) is 24.9. The Morgan fingerprint density at radius 1 is 1.14 bits per heavy atom. The van der Waals surface area contributed by atoms with E-state index in [0.29, 0.717) is 22.0 Å². The smallest absolute Gasteiger partial charge is 0.413 e. The van der Waals surface area contributed by atoms with Gasteiger partial charge in [-0.25, -0.2) is 14.5 Å². The van der Waals surface area contributed by atoms with Crippen molar-refractivity contribution in [3.63, 3.8) is 0 Å². The summed E-state index contributed by atoms with van der Waals surface area (Å²) < 4.78 is 20.5. The number of rotatable bonds is 6. The molecule has 4 heterocycles. The van der Waals surface area contributed by atoms with Crippen molar-refractivity contribution in [2.45, 2.75) is 13.0 Å². The first-order valence-electron chi connectivity index (χ1n) is 10.2. The van der Waals surface area contributed by atoms with Crippen molar-refractivity contribution in [1.82, 2.24) is 29.9 Å². The van der Waals surface area contributed by atoms with Crippen LogP contribution in [0.5, 0.6) is 0 Å². The first kappa shape index (κ1) is 23.7. The summed E-state index contributed by atoms with van der Waals surface area (Å²) in [4.78, 5) is 36.5. The number of ether oxygens (including phenoxy) is 1. The summed E-state index contributed by atoms with van der Waals surface area (Å²) in [5.41, 5.74) is 1.49. The Hall–Kier alpha value is -4.45. The van der Waals surface area contributed by atoms with Gasteiger partial charge in [0.05, 0.1) is 28.2 Å². The second-order valence-electron chi connectivity index (χ2n) is 7.24. The van der Waals surface area contributed by atoms with E-state index in [9.17, 15) is 14.0 Å². The van der Waals surface area contributed by atoms with Crippen LogP contribution in [0, 0.1) is 5.95 Å². The maximum Gasteiger partial charge on any atom is 0.413 e. The molecule has 11 nitrogen and oxygen atoms in total. The van der Waals surface area contributed by atoms with Crippen LogP contribution in [0.3, 0.4) is 0 Å². The molecule has 0 radical (unpaired) electrons. The number of aryl methyl sites for hydroxylation is 1. The topological polar surface area (TPSA) is 137 Å². The van der Waals surface area contributed by atoms with Crippen molar-refractivity contribution in [2.75, 3.05) is 10.6 Å². The lowest BCUT2D eigenvalue weighted by Crippen LogP contribution is -2.19. The second kappa shape index (κ2) is 10.2. The standard InChI is InChI=1S/C22H18ClFN8O3/c1-12(16-4-3-7-26-19(16)24)35-22(34)29-20-18(30-31-32(20)2)17-6-5-15(11-27-17)28-21(33)13-8-14(23)10-25-9-13/h3-12H,1-2H3,(H,28,33)(H,29,34)/t12-/m1/s1. The molecule has 35 heavy (non-hydrogen) atoms. The molecule has 0 aliphatic rings. The van der Waals surface area contributed by atoms with Crippen LogP contribution in [0.2, 0.25) is 5.02 Å². The number of aromatic nitrogens is 6. The maximum absolute atomic E-state index is 13.9. The van der Waals surface area contributed by atoms with Crippen LogP contribution >= 0.6 is 11.6 Å². The third kappa shape index (κ3) is 5.55. The number of pyridine rings is 3. The van der Waals surface area contributed by atoms with Gasteiger partial charge in [-0.05, 0) is 37.3 Å². The summed E-state index contributed by atoms with van der Waals surface area (Å²) in [5, 5.41) is 13.5. The normalized spacial score (nSPS) is 11.5. The third-order valence-electron chi connectivity index (χ3n) is 4.79. The van der Waals surface area contributed by atoms with E-state index in [-0.39, 0.29) is 17.1 Å². The first-order chi connectivity index (χ1) is 16.8. The van der Waals surface area contributed by atoms with E-state index in [1.54, 1.807) is 25.2 Å². The van der Waals surface area contributed by atoms with Gasteiger partial charge in [0, 0.05) is 31.2 Å². The highest BCUT2D eigenvalue weighted by Gasteiger charge is 2.21. The van der Waals surface area contributed by atoms with Crippen molar-refractivity contribution in [3.05, 3.63) is 77.2 Å². The highest BCUT2D eigenvalue weighted by atomic mass is 35.5. The molecule has 0 aromatic carbocycles. The average molecular weight is 497 g/mol. The predicted octanol–water partition coefficient (Wildman–Crippen LogP) is 4.02. The van der Waals surface area contributed by atoms with Crippen LogP contribution in [0.15, 0.2) is 55.1 Å². The zero-order valence-corrected chi connectivity index (χ0v) is 19.2. The van der Waals surface area contributed by atoms with Crippen molar-refractivity contribution in [2.24, 2.45) is 7.05 Å². The van der Waals surface area contributed by atoms with Crippen LogP contribution in [0.25, 0.3) is 11.4 Å². The van der Waals surface area contributed by atoms with E-state index < -0.39 is 24.1 Å². The minimum Gasteiger partial charge on any atom is -0.441 e. The second-order valence-corrected chi connectivity index (χ2v) is 7.68. The summed E-state index contributed by atoms with van der Waals surface area (Å²) >= 11 is 5.87. The summed E-state index contributed by atoms with van der Waals surface area (Å²) in [5.74, 6) is -0.917. The fraction of sp³-hybridized carbons (Fsp3) is 0.136. The van der Waals surface area contributed by atoms with Crippen LogP contribution in [-0.2, 0) is 11.8 Å². The molecule has 0 bridgehead atoms. The number of amides is 2. The van der Waals surface area contributed by atoms with Gasteiger partial charge in [-0.3, -0.25) is 20.1 Å². The quantitative estimate of drug-likeness (QED) is 0.382. The zero-order valence-electron chi connectivity index (χ0n) is 18.4. The van der Waals surface area contributed by atoms with Gasteiger partial charge in [0.1, 0.15) is 6.10 Å². The van der Waals surface area contributed by atoms with E-state index in [1.165, 1.54) is 48.5 Å².